The number of halogens is 4. The first-order valence-electron chi connectivity index (χ1n) is 11.8. The number of aromatic nitrogens is 2. The fourth-order valence-electron chi connectivity index (χ4n) is 5.01. The van der Waals surface area contributed by atoms with Gasteiger partial charge in [-0.1, -0.05) is 12.8 Å². The molecule has 2 aromatic heterocycles. The van der Waals surface area contributed by atoms with E-state index in [-0.39, 0.29) is 23.3 Å². The van der Waals surface area contributed by atoms with E-state index < -0.39 is 27.1 Å². The number of hydrogen-bond acceptors (Lipinski definition) is 4. The van der Waals surface area contributed by atoms with Crippen molar-refractivity contribution in [3.63, 3.8) is 0 Å². The fraction of sp³-hybridized carbons (Fsp3) is 0.440. The zero-order valence-corrected chi connectivity index (χ0v) is 20.3. The van der Waals surface area contributed by atoms with Crippen molar-refractivity contribution in [3.05, 3.63) is 47.4 Å². The normalized spacial score (nSPS) is 18.0. The lowest BCUT2D eigenvalue weighted by molar-refractivity contribution is -0.147. The van der Waals surface area contributed by atoms with Crippen molar-refractivity contribution in [2.24, 2.45) is 0 Å². The van der Waals surface area contributed by atoms with Crippen LogP contribution in [0.1, 0.15) is 68.5 Å². The van der Waals surface area contributed by atoms with E-state index in [1.807, 2.05) is 10.6 Å². The number of alkyl halides is 3. The summed E-state index contributed by atoms with van der Waals surface area (Å²) in [6, 6.07) is 5.75. The Morgan fingerprint density at radius 2 is 1.86 bits per heavy atom. The molecule has 0 radical (unpaired) electrons. The zero-order valence-electron chi connectivity index (χ0n) is 19.4. The molecule has 0 saturated heterocycles. The molecule has 0 unspecified atom stereocenters. The summed E-state index contributed by atoms with van der Waals surface area (Å²) < 4.78 is 82.1. The van der Waals surface area contributed by atoms with Crippen LogP contribution in [0.3, 0.4) is 0 Å². The first-order valence-corrected chi connectivity index (χ1v) is 13.3. The Hall–Kier alpha value is -2.97. The largest absolute Gasteiger partial charge is 0.404 e. The minimum atomic E-state index is -4.74. The molecule has 190 valence electrons. The van der Waals surface area contributed by atoms with E-state index in [0.29, 0.717) is 29.3 Å². The highest BCUT2D eigenvalue weighted by Crippen LogP contribution is 2.46. The van der Waals surface area contributed by atoms with Crippen LogP contribution in [0, 0.1) is 17.1 Å². The average molecular weight is 521 g/mol. The third-order valence-electron chi connectivity index (χ3n) is 7.05. The SMILES string of the molecule is C[C@H](NS(=O)(=O)c1ccc(-c2c(C#N)c3cc(F)c(C4CC4)cc3n2C2CCCC2)nc1)C(F)(F)F. The fourth-order valence-corrected chi connectivity index (χ4v) is 6.18. The molecule has 2 fully saturated rings. The molecule has 2 saturated carbocycles. The molecule has 2 aliphatic carbocycles. The lowest BCUT2D eigenvalue weighted by Gasteiger charge is -2.19. The summed E-state index contributed by atoms with van der Waals surface area (Å²) in [7, 11) is -4.48. The second-order valence-electron chi connectivity index (χ2n) is 9.57. The van der Waals surface area contributed by atoms with Crippen LogP contribution in [0.5, 0.6) is 0 Å². The van der Waals surface area contributed by atoms with Crippen molar-refractivity contribution in [1.82, 2.24) is 14.3 Å². The predicted molar refractivity (Wildman–Crippen MR) is 125 cm³/mol. The molecule has 6 nitrogen and oxygen atoms in total. The summed E-state index contributed by atoms with van der Waals surface area (Å²) in [5, 5.41) is 10.5. The topological polar surface area (TPSA) is 87.8 Å². The summed E-state index contributed by atoms with van der Waals surface area (Å²) in [5.74, 6) is -0.180. The highest BCUT2D eigenvalue weighted by Gasteiger charge is 2.39. The van der Waals surface area contributed by atoms with Gasteiger partial charge in [-0.2, -0.15) is 23.2 Å². The van der Waals surface area contributed by atoms with Crippen LogP contribution >= 0.6 is 0 Å². The van der Waals surface area contributed by atoms with Crippen molar-refractivity contribution >= 4 is 20.9 Å². The standard InChI is InChI=1S/C25H24F4N4O2S/c1-14(25(27,28)29)32-36(34,35)17-8-9-22(31-13-17)24-20(12-30)19-10-21(26)18(15-6-7-15)11-23(19)33(24)16-4-2-3-5-16/h8-11,13-16,32H,2-7H2,1H3/t14-/m0/s1. The number of nitrogens with zero attached hydrogens (tertiary/aromatic N) is 3. The number of fused-ring (bicyclic) bond motifs is 1. The van der Waals surface area contributed by atoms with Gasteiger partial charge in [0.25, 0.3) is 0 Å². The predicted octanol–water partition coefficient (Wildman–Crippen LogP) is 5.94. The van der Waals surface area contributed by atoms with Crippen molar-refractivity contribution in [3.8, 4) is 17.5 Å². The molecule has 2 aliphatic rings. The Labute approximate surface area is 206 Å². The lowest BCUT2D eigenvalue weighted by atomic mass is 10.0. The number of nitriles is 1. The third kappa shape index (κ3) is 4.37. The van der Waals surface area contributed by atoms with Gasteiger partial charge in [0.05, 0.1) is 22.5 Å². The van der Waals surface area contributed by atoms with Crippen LogP contribution in [0.4, 0.5) is 17.6 Å². The van der Waals surface area contributed by atoms with Crippen LogP contribution in [0.25, 0.3) is 22.3 Å². The first-order chi connectivity index (χ1) is 17.0. The van der Waals surface area contributed by atoms with Gasteiger partial charge in [0.15, 0.2) is 0 Å². The van der Waals surface area contributed by atoms with E-state index in [0.717, 1.165) is 50.2 Å². The Bertz CT molecular complexity index is 1460. The second-order valence-corrected chi connectivity index (χ2v) is 11.3. The zero-order chi connectivity index (χ0) is 25.8. The summed E-state index contributed by atoms with van der Waals surface area (Å²) in [6.07, 6.45) is 1.86. The minimum Gasteiger partial charge on any atom is -0.335 e. The molecule has 0 spiro atoms. The number of hydrogen-bond donors (Lipinski definition) is 1. The smallest absolute Gasteiger partial charge is 0.335 e. The number of rotatable bonds is 6. The van der Waals surface area contributed by atoms with Crippen molar-refractivity contribution in [1.29, 1.82) is 5.26 Å². The van der Waals surface area contributed by atoms with E-state index in [4.69, 9.17) is 0 Å². The quantitative estimate of drug-likeness (QED) is 0.408. The Morgan fingerprint density at radius 1 is 1.17 bits per heavy atom. The van der Waals surface area contributed by atoms with Gasteiger partial charge in [-0.05, 0) is 68.4 Å². The number of sulfonamides is 1. The maximum absolute atomic E-state index is 14.9. The minimum absolute atomic E-state index is 0.0709. The summed E-state index contributed by atoms with van der Waals surface area (Å²) in [6.45, 7) is 0.716. The van der Waals surface area contributed by atoms with Crippen LogP contribution in [0.15, 0.2) is 35.4 Å². The molecule has 0 bridgehead atoms. The van der Waals surface area contributed by atoms with Crippen molar-refractivity contribution < 1.29 is 26.0 Å². The van der Waals surface area contributed by atoms with Crippen LogP contribution < -0.4 is 4.72 Å². The Morgan fingerprint density at radius 3 is 2.42 bits per heavy atom. The van der Waals surface area contributed by atoms with Crippen molar-refractivity contribution in [2.45, 2.75) is 74.5 Å². The molecule has 2 heterocycles. The van der Waals surface area contributed by atoms with E-state index in [1.54, 1.807) is 4.72 Å². The van der Waals surface area contributed by atoms with Crippen LogP contribution in [-0.2, 0) is 10.0 Å². The molecule has 5 rings (SSSR count). The summed E-state index contributed by atoms with van der Waals surface area (Å²) in [4.78, 5) is 3.82. The van der Waals surface area contributed by atoms with E-state index in [2.05, 4.69) is 11.1 Å². The van der Waals surface area contributed by atoms with E-state index >= 15 is 0 Å². The molecule has 1 N–H and O–H groups in total. The first kappa shape index (κ1) is 24.7. The van der Waals surface area contributed by atoms with Gasteiger partial charge in [-0.25, -0.2) is 12.8 Å². The molecule has 11 heteroatoms. The van der Waals surface area contributed by atoms with Gasteiger partial charge in [0, 0.05) is 17.6 Å². The number of nitrogens with one attached hydrogen (secondary N) is 1. The van der Waals surface area contributed by atoms with Crippen molar-refractivity contribution in [2.75, 3.05) is 0 Å². The molecule has 3 aromatic rings. The van der Waals surface area contributed by atoms with E-state index in [9.17, 15) is 31.2 Å². The van der Waals surface area contributed by atoms with Gasteiger partial charge in [0.1, 0.15) is 22.8 Å². The van der Waals surface area contributed by atoms with Crippen LogP contribution in [0.2, 0.25) is 0 Å². The van der Waals surface area contributed by atoms with Crippen LogP contribution in [-0.4, -0.2) is 30.2 Å². The number of pyridine rings is 1. The molecule has 36 heavy (non-hydrogen) atoms. The lowest BCUT2D eigenvalue weighted by Crippen LogP contribution is -2.42. The Balaban J connectivity index is 1.63. The molecule has 1 aromatic carbocycles. The van der Waals surface area contributed by atoms with Gasteiger partial charge < -0.3 is 4.57 Å². The second kappa shape index (κ2) is 8.85. The van der Waals surface area contributed by atoms with Gasteiger partial charge >= 0.3 is 6.18 Å². The summed E-state index contributed by atoms with van der Waals surface area (Å²) in [5.41, 5.74) is 2.38. The molecule has 0 amide bonds. The van der Waals surface area contributed by atoms with Gasteiger partial charge in [0.2, 0.25) is 10.0 Å². The molecular weight excluding hydrogens is 496 g/mol. The van der Waals surface area contributed by atoms with Gasteiger partial charge in [-0.3, -0.25) is 4.98 Å². The summed E-state index contributed by atoms with van der Waals surface area (Å²) >= 11 is 0. The van der Waals surface area contributed by atoms with Gasteiger partial charge in [-0.15, -0.1) is 0 Å². The highest BCUT2D eigenvalue weighted by molar-refractivity contribution is 7.89. The maximum Gasteiger partial charge on any atom is 0.404 e. The van der Waals surface area contributed by atoms with E-state index in [1.165, 1.54) is 18.2 Å². The molecule has 1 atom stereocenters. The average Bonchev–Trinajstić information content (AvgIpc) is 3.42. The third-order valence-corrected chi connectivity index (χ3v) is 8.58. The molecular formula is C25H24F4N4O2S. The monoisotopic (exact) mass is 520 g/mol. The molecule has 0 aliphatic heterocycles. The highest BCUT2D eigenvalue weighted by atomic mass is 32.2. The Kier molecular flexibility index (Phi) is 6.08. The maximum atomic E-state index is 14.9. The number of benzene rings is 1.